The van der Waals surface area contributed by atoms with E-state index in [1.165, 1.54) is 19.2 Å². The number of rotatable bonds is 6. The summed E-state index contributed by atoms with van der Waals surface area (Å²) in [7, 11) is 1.38. The highest BCUT2D eigenvalue weighted by molar-refractivity contribution is 5.80. The monoisotopic (exact) mass is 269 g/mol. The van der Waals surface area contributed by atoms with Crippen LogP contribution in [0, 0.1) is 17.0 Å². The summed E-state index contributed by atoms with van der Waals surface area (Å²) in [6, 6.07) is 4.48. The highest BCUT2D eigenvalue weighted by atomic mass is 16.6. The van der Waals surface area contributed by atoms with Gasteiger partial charge >= 0.3 is 5.69 Å². The van der Waals surface area contributed by atoms with Crippen LogP contribution in [0.4, 0.5) is 5.69 Å². The number of hydrazine groups is 1. The average molecular weight is 269 g/mol. The molecule has 1 unspecified atom stereocenters. The van der Waals surface area contributed by atoms with Crippen LogP contribution in [0.1, 0.15) is 5.56 Å². The van der Waals surface area contributed by atoms with Crippen molar-refractivity contribution >= 4 is 11.6 Å². The number of ether oxygens (including phenoxy) is 2. The lowest BCUT2D eigenvalue weighted by molar-refractivity contribution is -0.386. The van der Waals surface area contributed by atoms with E-state index in [-0.39, 0.29) is 18.0 Å². The quantitative estimate of drug-likeness (QED) is 0.332. The average Bonchev–Trinajstić information content (AvgIpc) is 2.38. The minimum atomic E-state index is -1.06. The highest BCUT2D eigenvalue weighted by Crippen LogP contribution is 2.31. The molecule has 1 amide bonds. The molecule has 8 nitrogen and oxygen atoms in total. The Morgan fingerprint density at radius 1 is 1.58 bits per heavy atom. The molecule has 0 radical (unpaired) electrons. The smallest absolute Gasteiger partial charge is 0.311 e. The van der Waals surface area contributed by atoms with Crippen molar-refractivity contribution in [3.05, 3.63) is 33.9 Å². The first kappa shape index (κ1) is 14.9. The fraction of sp³-hybridized carbons (Fsp3) is 0.364. The maximum Gasteiger partial charge on any atom is 0.311 e. The Kier molecular flexibility index (Phi) is 5.22. The van der Waals surface area contributed by atoms with Gasteiger partial charge in [-0.15, -0.1) is 0 Å². The molecule has 0 heterocycles. The van der Waals surface area contributed by atoms with Gasteiger partial charge in [-0.05, 0) is 12.5 Å². The summed E-state index contributed by atoms with van der Waals surface area (Å²) in [6.45, 7) is 1.57. The molecule has 104 valence electrons. The number of nitro benzene ring substituents is 1. The summed E-state index contributed by atoms with van der Waals surface area (Å²) in [5, 5.41) is 10.9. The molecule has 1 aromatic carbocycles. The van der Waals surface area contributed by atoms with E-state index in [1.807, 2.05) is 5.43 Å². The third-order valence-electron chi connectivity index (χ3n) is 2.40. The minimum Gasteiger partial charge on any atom is -0.471 e. The first-order valence-corrected chi connectivity index (χ1v) is 5.41. The fourth-order valence-corrected chi connectivity index (χ4v) is 1.48. The van der Waals surface area contributed by atoms with Gasteiger partial charge in [0.05, 0.1) is 11.5 Å². The molecule has 0 saturated heterocycles. The summed E-state index contributed by atoms with van der Waals surface area (Å²) < 4.78 is 10.2. The van der Waals surface area contributed by atoms with Crippen molar-refractivity contribution in [3.8, 4) is 5.75 Å². The highest BCUT2D eigenvalue weighted by Gasteiger charge is 2.25. The summed E-state index contributed by atoms with van der Waals surface area (Å²) in [5.41, 5.74) is 2.25. The van der Waals surface area contributed by atoms with E-state index in [9.17, 15) is 14.9 Å². The number of methoxy groups -OCH3 is 1. The van der Waals surface area contributed by atoms with Crippen LogP contribution in [0.3, 0.4) is 0 Å². The van der Waals surface area contributed by atoms with Gasteiger partial charge in [0.25, 0.3) is 5.91 Å². The van der Waals surface area contributed by atoms with Crippen LogP contribution in [0.15, 0.2) is 18.2 Å². The molecular weight excluding hydrogens is 254 g/mol. The third kappa shape index (κ3) is 3.63. The van der Waals surface area contributed by atoms with E-state index in [0.717, 1.165) is 0 Å². The minimum absolute atomic E-state index is 0.0261. The molecule has 0 saturated carbocycles. The molecule has 3 N–H and O–H groups in total. The molecule has 0 bridgehead atoms. The van der Waals surface area contributed by atoms with Gasteiger partial charge in [0.1, 0.15) is 0 Å². The maximum atomic E-state index is 11.5. The number of carbonyl (C=O) groups is 1. The summed E-state index contributed by atoms with van der Waals surface area (Å²) in [5.74, 6) is 4.42. The topological polar surface area (TPSA) is 117 Å². The summed E-state index contributed by atoms with van der Waals surface area (Å²) >= 11 is 0. The van der Waals surface area contributed by atoms with E-state index in [2.05, 4.69) is 0 Å². The van der Waals surface area contributed by atoms with Crippen molar-refractivity contribution in [2.45, 2.75) is 13.0 Å². The molecule has 0 aliphatic rings. The SMILES string of the molecule is COCC(Oc1c(C)cccc1[N+](=O)[O-])C(=O)NN. The van der Waals surface area contributed by atoms with Gasteiger partial charge in [-0.1, -0.05) is 12.1 Å². The zero-order valence-electron chi connectivity index (χ0n) is 10.6. The van der Waals surface area contributed by atoms with Crippen LogP contribution in [0.25, 0.3) is 0 Å². The maximum absolute atomic E-state index is 11.5. The van der Waals surface area contributed by atoms with Crippen LogP contribution in [0.2, 0.25) is 0 Å². The molecule has 1 rings (SSSR count). The van der Waals surface area contributed by atoms with Crippen molar-refractivity contribution in [3.63, 3.8) is 0 Å². The number of carbonyl (C=O) groups excluding carboxylic acids is 1. The molecule has 19 heavy (non-hydrogen) atoms. The Hall–Kier alpha value is -2.19. The van der Waals surface area contributed by atoms with Crippen LogP contribution in [-0.4, -0.2) is 30.7 Å². The van der Waals surface area contributed by atoms with Crippen molar-refractivity contribution in [2.24, 2.45) is 5.84 Å². The molecule has 0 fully saturated rings. The van der Waals surface area contributed by atoms with E-state index in [0.29, 0.717) is 5.56 Å². The molecule has 0 aliphatic carbocycles. The number of hydrogen-bond donors (Lipinski definition) is 2. The second-order valence-electron chi connectivity index (χ2n) is 3.75. The lowest BCUT2D eigenvalue weighted by atomic mass is 10.2. The van der Waals surface area contributed by atoms with Crippen molar-refractivity contribution in [2.75, 3.05) is 13.7 Å². The van der Waals surface area contributed by atoms with Crippen LogP contribution >= 0.6 is 0 Å². The Balaban J connectivity index is 3.08. The lowest BCUT2D eigenvalue weighted by Crippen LogP contribution is -2.44. The first-order chi connectivity index (χ1) is 9.01. The predicted molar refractivity (Wildman–Crippen MR) is 66.5 cm³/mol. The van der Waals surface area contributed by atoms with Gasteiger partial charge < -0.3 is 9.47 Å². The van der Waals surface area contributed by atoms with Crippen LogP contribution < -0.4 is 16.0 Å². The fourth-order valence-electron chi connectivity index (χ4n) is 1.48. The molecule has 0 spiro atoms. The van der Waals surface area contributed by atoms with E-state index in [1.54, 1.807) is 13.0 Å². The normalized spacial score (nSPS) is 11.7. The van der Waals surface area contributed by atoms with Gasteiger partial charge in [-0.3, -0.25) is 20.3 Å². The van der Waals surface area contributed by atoms with E-state index in [4.69, 9.17) is 15.3 Å². The standard InChI is InChI=1S/C11H15N3O5/c1-7-4-3-5-8(14(16)17)10(7)19-9(6-18-2)11(15)13-12/h3-5,9H,6,12H2,1-2H3,(H,13,15). The van der Waals surface area contributed by atoms with E-state index < -0.39 is 16.9 Å². The van der Waals surface area contributed by atoms with Crippen LogP contribution in [-0.2, 0) is 9.53 Å². The second kappa shape index (κ2) is 6.66. The first-order valence-electron chi connectivity index (χ1n) is 5.41. The molecule has 8 heteroatoms. The number of nitrogens with two attached hydrogens (primary N) is 1. The number of nitrogens with zero attached hydrogens (tertiary/aromatic N) is 1. The zero-order chi connectivity index (χ0) is 14.4. The molecule has 1 aromatic rings. The molecule has 0 aliphatic heterocycles. The van der Waals surface area contributed by atoms with Crippen LogP contribution in [0.5, 0.6) is 5.75 Å². The summed E-state index contributed by atoms with van der Waals surface area (Å²) in [6.07, 6.45) is -1.06. The lowest BCUT2D eigenvalue weighted by Gasteiger charge is -2.17. The molecule has 1 atom stereocenters. The second-order valence-corrected chi connectivity index (χ2v) is 3.75. The Bertz CT molecular complexity index is 477. The number of nitrogens with one attached hydrogen (secondary N) is 1. The number of hydrogen-bond acceptors (Lipinski definition) is 6. The number of aryl methyl sites for hydroxylation is 1. The van der Waals surface area contributed by atoms with Gasteiger partial charge in [0.15, 0.2) is 0 Å². The van der Waals surface area contributed by atoms with E-state index >= 15 is 0 Å². The van der Waals surface area contributed by atoms with Crippen molar-refractivity contribution in [1.82, 2.24) is 5.43 Å². The largest absolute Gasteiger partial charge is 0.471 e. The Labute approximate surface area is 109 Å². The van der Waals surface area contributed by atoms with Crippen molar-refractivity contribution in [1.29, 1.82) is 0 Å². The number of amides is 1. The third-order valence-corrected chi connectivity index (χ3v) is 2.40. The van der Waals surface area contributed by atoms with Crippen molar-refractivity contribution < 1.29 is 19.2 Å². The predicted octanol–water partition coefficient (Wildman–Crippen LogP) is 0.287. The van der Waals surface area contributed by atoms with Gasteiger partial charge in [0, 0.05) is 13.2 Å². The van der Waals surface area contributed by atoms with Gasteiger partial charge in [0.2, 0.25) is 11.9 Å². The Morgan fingerprint density at radius 2 is 2.26 bits per heavy atom. The van der Waals surface area contributed by atoms with Gasteiger partial charge in [-0.25, -0.2) is 5.84 Å². The van der Waals surface area contributed by atoms with Gasteiger partial charge in [-0.2, -0.15) is 0 Å². The summed E-state index contributed by atoms with van der Waals surface area (Å²) in [4.78, 5) is 21.8. The molecule has 0 aromatic heterocycles. The number of benzene rings is 1. The molecular formula is C11H15N3O5. The Morgan fingerprint density at radius 3 is 2.79 bits per heavy atom. The number of nitro groups is 1. The zero-order valence-corrected chi connectivity index (χ0v) is 10.6. The number of para-hydroxylation sites is 1.